The Morgan fingerprint density at radius 3 is 2.08 bits per heavy atom. The van der Waals surface area contributed by atoms with E-state index in [0.717, 1.165) is 17.7 Å². The van der Waals surface area contributed by atoms with Crippen LogP contribution in [-0.2, 0) is 10.2 Å². The zero-order valence-corrected chi connectivity index (χ0v) is 16.3. The summed E-state index contributed by atoms with van der Waals surface area (Å²) in [5.41, 5.74) is 2.39. The summed E-state index contributed by atoms with van der Waals surface area (Å²) in [6.07, 6.45) is 0.804. The fourth-order valence-electron chi connectivity index (χ4n) is 2.69. The molecular formula is C22H29NO3. The van der Waals surface area contributed by atoms with Gasteiger partial charge in [-0.3, -0.25) is 4.79 Å². The highest BCUT2D eigenvalue weighted by Gasteiger charge is 2.15. The number of hydrogen-bond acceptors (Lipinski definition) is 3. The second-order valence-electron chi connectivity index (χ2n) is 7.36. The van der Waals surface area contributed by atoms with E-state index in [9.17, 15) is 4.79 Å². The third-order valence-corrected chi connectivity index (χ3v) is 4.35. The summed E-state index contributed by atoms with van der Waals surface area (Å²) in [5.74, 6) is 1.37. The first kappa shape index (κ1) is 19.8. The molecule has 2 aromatic carbocycles. The van der Waals surface area contributed by atoms with E-state index in [0.29, 0.717) is 5.75 Å². The van der Waals surface area contributed by atoms with Crippen molar-refractivity contribution in [3.63, 3.8) is 0 Å². The summed E-state index contributed by atoms with van der Waals surface area (Å²) in [7, 11) is 1.64. The lowest BCUT2D eigenvalue weighted by atomic mass is 9.87. The third-order valence-electron chi connectivity index (χ3n) is 4.35. The summed E-state index contributed by atoms with van der Waals surface area (Å²) in [6, 6.07) is 15.6. The topological polar surface area (TPSA) is 47.6 Å². The Balaban J connectivity index is 1.90. The van der Waals surface area contributed by atoms with Crippen LogP contribution in [0, 0.1) is 0 Å². The van der Waals surface area contributed by atoms with Crippen molar-refractivity contribution in [1.29, 1.82) is 0 Å². The molecule has 0 aliphatic heterocycles. The number of hydrogen-bond donors (Lipinski definition) is 1. The summed E-state index contributed by atoms with van der Waals surface area (Å²) in [5, 5.41) is 3.02. The highest BCUT2D eigenvalue weighted by atomic mass is 16.5. The van der Waals surface area contributed by atoms with Crippen LogP contribution in [0.15, 0.2) is 48.5 Å². The molecule has 0 saturated carbocycles. The molecule has 0 heterocycles. The molecule has 0 spiro atoms. The summed E-state index contributed by atoms with van der Waals surface area (Å²) < 4.78 is 10.8. The Morgan fingerprint density at radius 2 is 1.58 bits per heavy atom. The van der Waals surface area contributed by atoms with Gasteiger partial charge in [0.05, 0.1) is 13.2 Å². The number of carbonyl (C=O) groups excluding carboxylic acids is 1. The van der Waals surface area contributed by atoms with Gasteiger partial charge < -0.3 is 14.8 Å². The van der Waals surface area contributed by atoms with Crippen molar-refractivity contribution < 1.29 is 14.3 Å². The Morgan fingerprint density at radius 1 is 1.00 bits per heavy atom. The quantitative estimate of drug-likeness (QED) is 0.787. The number of benzene rings is 2. The molecule has 0 aliphatic carbocycles. The molecule has 26 heavy (non-hydrogen) atoms. The highest BCUT2D eigenvalue weighted by molar-refractivity contribution is 5.78. The molecule has 1 N–H and O–H groups in total. The molecule has 2 aromatic rings. The smallest absolute Gasteiger partial charge is 0.258 e. The first-order chi connectivity index (χ1) is 12.3. The van der Waals surface area contributed by atoms with Crippen molar-refractivity contribution in [1.82, 2.24) is 5.32 Å². The molecule has 0 bridgehead atoms. The van der Waals surface area contributed by atoms with Crippen LogP contribution in [0.25, 0.3) is 0 Å². The molecule has 0 aliphatic rings. The normalized spacial score (nSPS) is 12.3. The molecule has 0 unspecified atom stereocenters. The van der Waals surface area contributed by atoms with E-state index in [4.69, 9.17) is 9.47 Å². The predicted octanol–water partition coefficient (Wildman–Crippen LogP) is 4.64. The second-order valence-corrected chi connectivity index (χ2v) is 7.36. The van der Waals surface area contributed by atoms with Gasteiger partial charge in [0.2, 0.25) is 0 Å². The molecule has 1 atom stereocenters. The monoisotopic (exact) mass is 355 g/mol. The van der Waals surface area contributed by atoms with Crippen LogP contribution in [0.3, 0.4) is 0 Å². The summed E-state index contributed by atoms with van der Waals surface area (Å²) >= 11 is 0. The van der Waals surface area contributed by atoms with Gasteiger partial charge in [-0.05, 0) is 47.2 Å². The van der Waals surface area contributed by atoms with E-state index < -0.39 is 0 Å². The fraction of sp³-hybridized carbons (Fsp3) is 0.409. The lowest BCUT2D eigenvalue weighted by Gasteiger charge is -2.20. The van der Waals surface area contributed by atoms with E-state index in [1.165, 1.54) is 5.56 Å². The third kappa shape index (κ3) is 5.51. The molecule has 4 heteroatoms. The molecule has 4 nitrogen and oxygen atoms in total. The van der Waals surface area contributed by atoms with Crippen LogP contribution in [0.2, 0.25) is 0 Å². The summed E-state index contributed by atoms with van der Waals surface area (Å²) in [4.78, 5) is 12.2. The average molecular weight is 355 g/mol. The molecule has 0 saturated heterocycles. The van der Waals surface area contributed by atoms with Crippen molar-refractivity contribution in [3.8, 4) is 11.5 Å². The number of ether oxygens (including phenoxy) is 2. The van der Waals surface area contributed by atoms with Crippen molar-refractivity contribution in [2.75, 3.05) is 13.7 Å². The van der Waals surface area contributed by atoms with Gasteiger partial charge >= 0.3 is 0 Å². The van der Waals surface area contributed by atoms with E-state index in [-0.39, 0.29) is 24.0 Å². The Bertz CT molecular complexity index is 700. The number of carbonyl (C=O) groups is 1. The Labute approximate surface area is 156 Å². The highest BCUT2D eigenvalue weighted by Crippen LogP contribution is 2.24. The lowest BCUT2D eigenvalue weighted by molar-refractivity contribution is -0.123. The fourth-order valence-corrected chi connectivity index (χ4v) is 2.69. The van der Waals surface area contributed by atoms with Gasteiger partial charge in [-0.1, -0.05) is 52.0 Å². The molecule has 2 rings (SSSR count). The molecule has 140 valence electrons. The van der Waals surface area contributed by atoms with Crippen LogP contribution < -0.4 is 14.8 Å². The maximum atomic E-state index is 12.2. The number of nitrogens with one attached hydrogen (secondary N) is 1. The van der Waals surface area contributed by atoms with Crippen LogP contribution in [0.1, 0.15) is 51.3 Å². The van der Waals surface area contributed by atoms with E-state index in [1.807, 2.05) is 55.5 Å². The maximum absolute atomic E-state index is 12.2. The van der Waals surface area contributed by atoms with Crippen LogP contribution in [0.4, 0.5) is 0 Å². The van der Waals surface area contributed by atoms with E-state index in [2.05, 4.69) is 26.1 Å². The average Bonchev–Trinajstić information content (AvgIpc) is 2.64. The minimum atomic E-state index is -0.132. The molecule has 0 aromatic heterocycles. The maximum Gasteiger partial charge on any atom is 0.258 e. The first-order valence-corrected chi connectivity index (χ1v) is 9.00. The number of amides is 1. The van der Waals surface area contributed by atoms with Gasteiger partial charge in [-0.2, -0.15) is 0 Å². The Kier molecular flexibility index (Phi) is 6.67. The Hall–Kier alpha value is -2.49. The minimum absolute atomic E-state index is 0.00151. The molecule has 0 fully saturated rings. The summed E-state index contributed by atoms with van der Waals surface area (Å²) in [6.45, 7) is 8.55. The van der Waals surface area contributed by atoms with Gasteiger partial charge in [0, 0.05) is 0 Å². The molecule has 1 amide bonds. The minimum Gasteiger partial charge on any atom is -0.497 e. The predicted molar refractivity (Wildman–Crippen MR) is 105 cm³/mol. The van der Waals surface area contributed by atoms with Gasteiger partial charge in [0.15, 0.2) is 6.61 Å². The van der Waals surface area contributed by atoms with Crippen molar-refractivity contribution in [2.45, 2.75) is 45.6 Å². The van der Waals surface area contributed by atoms with Crippen molar-refractivity contribution in [3.05, 3.63) is 59.7 Å². The van der Waals surface area contributed by atoms with Crippen LogP contribution >= 0.6 is 0 Å². The SMILES string of the molecule is CC[C@H](NC(=O)COc1ccc(C(C)(C)C)cc1)c1ccc(OC)cc1. The van der Waals surface area contributed by atoms with Gasteiger partial charge in [-0.15, -0.1) is 0 Å². The number of methoxy groups -OCH3 is 1. The zero-order valence-electron chi connectivity index (χ0n) is 16.3. The lowest BCUT2D eigenvalue weighted by Crippen LogP contribution is -2.32. The van der Waals surface area contributed by atoms with Gasteiger partial charge in [0.1, 0.15) is 11.5 Å². The molecule has 0 radical (unpaired) electrons. The van der Waals surface area contributed by atoms with Crippen LogP contribution in [0.5, 0.6) is 11.5 Å². The standard InChI is InChI=1S/C22H29NO3/c1-6-20(16-7-11-18(25-5)12-8-16)23-21(24)15-26-19-13-9-17(10-14-19)22(2,3)4/h7-14,20H,6,15H2,1-5H3,(H,23,24)/t20-/m0/s1. The largest absolute Gasteiger partial charge is 0.497 e. The second kappa shape index (κ2) is 8.75. The van der Waals surface area contributed by atoms with Crippen molar-refractivity contribution in [2.24, 2.45) is 0 Å². The van der Waals surface area contributed by atoms with E-state index in [1.54, 1.807) is 7.11 Å². The zero-order chi connectivity index (χ0) is 19.2. The van der Waals surface area contributed by atoms with E-state index >= 15 is 0 Å². The van der Waals surface area contributed by atoms with Crippen molar-refractivity contribution >= 4 is 5.91 Å². The van der Waals surface area contributed by atoms with Gasteiger partial charge in [-0.25, -0.2) is 0 Å². The first-order valence-electron chi connectivity index (χ1n) is 9.00. The number of rotatable bonds is 7. The van der Waals surface area contributed by atoms with Gasteiger partial charge in [0.25, 0.3) is 5.91 Å². The van der Waals surface area contributed by atoms with Crippen LogP contribution in [-0.4, -0.2) is 19.6 Å². The molecular weight excluding hydrogens is 326 g/mol.